The van der Waals surface area contributed by atoms with Crippen molar-refractivity contribution in [2.45, 2.75) is 25.4 Å². The monoisotopic (exact) mass is 279 g/mol. The maximum absolute atomic E-state index is 12.4. The van der Waals surface area contributed by atoms with Gasteiger partial charge in [0.15, 0.2) is 5.76 Å². The molecule has 0 radical (unpaired) electrons. The average Bonchev–Trinajstić information content (AvgIpc) is 3.00. The van der Waals surface area contributed by atoms with Crippen molar-refractivity contribution in [3.8, 4) is 0 Å². The first-order valence-corrected chi connectivity index (χ1v) is 7.18. The second-order valence-corrected chi connectivity index (χ2v) is 5.75. The summed E-state index contributed by atoms with van der Waals surface area (Å²) in [6, 6.07) is 3.46. The van der Waals surface area contributed by atoms with E-state index in [4.69, 9.17) is 13.9 Å². The summed E-state index contributed by atoms with van der Waals surface area (Å²) in [5.74, 6) is 0.377. The summed E-state index contributed by atoms with van der Waals surface area (Å²) in [6.07, 6.45) is 4.69. The third kappa shape index (κ3) is 2.36. The van der Waals surface area contributed by atoms with Crippen molar-refractivity contribution in [1.82, 2.24) is 4.90 Å². The smallest absolute Gasteiger partial charge is 0.289 e. The number of methoxy groups -OCH3 is 1. The van der Waals surface area contributed by atoms with Crippen LogP contribution in [0.15, 0.2) is 22.8 Å². The molecule has 0 spiro atoms. The normalized spacial score (nSPS) is 30.1. The van der Waals surface area contributed by atoms with E-state index in [1.165, 1.54) is 6.26 Å². The molecule has 0 aliphatic carbocycles. The van der Waals surface area contributed by atoms with Gasteiger partial charge in [-0.25, -0.2) is 0 Å². The highest BCUT2D eigenvalue weighted by Crippen LogP contribution is 2.40. The van der Waals surface area contributed by atoms with Gasteiger partial charge in [-0.3, -0.25) is 4.79 Å². The molecular weight excluding hydrogens is 258 g/mol. The summed E-state index contributed by atoms with van der Waals surface area (Å²) < 4.78 is 16.6. The number of carbonyl (C=O) groups is 1. The highest BCUT2D eigenvalue weighted by Gasteiger charge is 2.47. The number of fused-ring (bicyclic) bond motifs is 1. The van der Waals surface area contributed by atoms with Gasteiger partial charge in [-0.2, -0.15) is 0 Å². The molecule has 20 heavy (non-hydrogen) atoms. The second-order valence-electron chi connectivity index (χ2n) is 5.75. The van der Waals surface area contributed by atoms with Gasteiger partial charge in [-0.15, -0.1) is 0 Å². The van der Waals surface area contributed by atoms with Crippen LogP contribution in [0.25, 0.3) is 0 Å². The molecule has 2 aliphatic rings. The molecule has 3 heterocycles. The van der Waals surface area contributed by atoms with Crippen LogP contribution in [0.5, 0.6) is 0 Å². The highest BCUT2D eigenvalue weighted by molar-refractivity contribution is 5.91. The van der Waals surface area contributed by atoms with Gasteiger partial charge in [0, 0.05) is 32.2 Å². The summed E-state index contributed by atoms with van der Waals surface area (Å²) in [4.78, 5) is 14.3. The summed E-state index contributed by atoms with van der Waals surface area (Å²) >= 11 is 0. The molecule has 5 nitrogen and oxygen atoms in total. The van der Waals surface area contributed by atoms with E-state index in [1.807, 2.05) is 4.90 Å². The zero-order valence-corrected chi connectivity index (χ0v) is 11.8. The van der Waals surface area contributed by atoms with E-state index in [9.17, 15) is 4.79 Å². The lowest BCUT2D eigenvalue weighted by Gasteiger charge is -2.50. The van der Waals surface area contributed by atoms with Gasteiger partial charge in [-0.1, -0.05) is 0 Å². The molecule has 2 atom stereocenters. The third-order valence-corrected chi connectivity index (χ3v) is 4.44. The average molecular weight is 279 g/mol. The van der Waals surface area contributed by atoms with Crippen molar-refractivity contribution in [3.05, 3.63) is 24.2 Å². The summed E-state index contributed by atoms with van der Waals surface area (Å²) in [5.41, 5.74) is -0.0620. The Morgan fingerprint density at radius 2 is 2.50 bits per heavy atom. The van der Waals surface area contributed by atoms with Crippen molar-refractivity contribution in [2.75, 3.05) is 33.4 Å². The minimum atomic E-state index is -0.0620. The number of piperidine rings is 1. The Bertz CT molecular complexity index is 454. The quantitative estimate of drug-likeness (QED) is 0.848. The van der Waals surface area contributed by atoms with Gasteiger partial charge in [-0.05, 0) is 31.4 Å². The Morgan fingerprint density at radius 1 is 1.60 bits per heavy atom. The zero-order valence-electron chi connectivity index (χ0n) is 11.8. The molecule has 1 amide bonds. The van der Waals surface area contributed by atoms with E-state index in [2.05, 4.69) is 0 Å². The number of hydrogen-bond donors (Lipinski definition) is 0. The van der Waals surface area contributed by atoms with Crippen molar-refractivity contribution in [3.63, 3.8) is 0 Å². The first-order chi connectivity index (χ1) is 9.75. The Labute approximate surface area is 118 Å². The van der Waals surface area contributed by atoms with Crippen LogP contribution in [0.2, 0.25) is 0 Å². The molecule has 0 aromatic carbocycles. The van der Waals surface area contributed by atoms with Crippen LogP contribution in [-0.2, 0) is 9.47 Å². The van der Waals surface area contributed by atoms with Gasteiger partial charge in [0.25, 0.3) is 5.91 Å². The van der Waals surface area contributed by atoms with Crippen LogP contribution >= 0.6 is 0 Å². The van der Waals surface area contributed by atoms with E-state index in [1.54, 1.807) is 19.2 Å². The molecule has 2 saturated heterocycles. The fourth-order valence-corrected chi connectivity index (χ4v) is 3.52. The molecular formula is C15H21NO4. The molecule has 0 bridgehead atoms. The molecule has 1 aromatic rings. The number of furan rings is 1. The second kappa shape index (κ2) is 5.58. The summed E-state index contributed by atoms with van der Waals surface area (Å²) in [7, 11) is 1.72. The molecule has 2 aliphatic heterocycles. The molecule has 2 fully saturated rings. The molecule has 2 unspecified atom stereocenters. The van der Waals surface area contributed by atoms with Crippen molar-refractivity contribution < 1.29 is 18.7 Å². The number of amides is 1. The fraction of sp³-hybridized carbons (Fsp3) is 0.667. The lowest BCUT2D eigenvalue weighted by atomic mass is 9.73. The number of likely N-dealkylation sites (tertiary alicyclic amines) is 1. The van der Waals surface area contributed by atoms with Crippen LogP contribution in [0.3, 0.4) is 0 Å². The molecule has 1 aromatic heterocycles. The lowest BCUT2D eigenvalue weighted by molar-refractivity contribution is -0.142. The Morgan fingerprint density at radius 3 is 3.25 bits per heavy atom. The van der Waals surface area contributed by atoms with E-state index < -0.39 is 0 Å². The number of ether oxygens (including phenoxy) is 2. The third-order valence-electron chi connectivity index (χ3n) is 4.44. The lowest BCUT2D eigenvalue weighted by Crippen LogP contribution is -2.58. The van der Waals surface area contributed by atoms with Crippen LogP contribution < -0.4 is 0 Å². The zero-order chi connectivity index (χ0) is 14.0. The van der Waals surface area contributed by atoms with Gasteiger partial charge in [0.1, 0.15) is 0 Å². The predicted molar refractivity (Wildman–Crippen MR) is 72.5 cm³/mol. The molecule has 0 saturated carbocycles. The Kier molecular flexibility index (Phi) is 3.81. The summed E-state index contributed by atoms with van der Waals surface area (Å²) in [6.45, 7) is 2.86. The first kappa shape index (κ1) is 13.6. The first-order valence-electron chi connectivity index (χ1n) is 7.18. The van der Waals surface area contributed by atoms with Crippen LogP contribution in [-0.4, -0.2) is 50.3 Å². The van der Waals surface area contributed by atoms with Gasteiger partial charge in [0.05, 0.1) is 19.0 Å². The standard InChI is InChI=1S/C15H21NO4/c1-18-11-15-6-3-9-20-13(15)5-7-16(10-15)14(17)12-4-2-8-19-12/h2,4,8,13H,3,5-7,9-11H2,1H3. The van der Waals surface area contributed by atoms with E-state index in [-0.39, 0.29) is 17.4 Å². The van der Waals surface area contributed by atoms with Gasteiger partial charge >= 0.3 is 0 Å². The molecule has 3 rings (SSSR count). The van der Waals surface area contributed by atoms with E-state index >= 15 is 0 Å². The van der Waals surface area contributed by atoms with Crippen molar-refractivity contribution >= 4 is 5.91 Å². The van der Waals surface area contributed by atoms with Gasteiger partial charge in [0.2, 0.25) is 0 Å². The number of hydrogen-bond acceptors (Lipinski definition) is 4. The molecule has 110 valence electrons. The maximum Gasteiger partial charge on any atom is 0.289 e. The minimum absolute atomic E-state index is 0.0329. The predicted octanol–water partition coefficient (Wildman–Crippen LogP) is 1.94. The van der Waals surface area contributed by atoms with E-state index in [0.717, 1.165) is 32.4 Å². The largest absolute Gasteiger partial charge is 0.459 e. The van der Waals surface area contributed by atoms with E-state index in [0.29, 0.717) is 18.9 Å². The number of carbonyl (C=O) groups excluding carboxylic acids is 1. The van der Waals surface area contributed by atoms with Crippen LogP contribution in [0.1, 0.15) is 29.8 Å². The number of nitrogens with zero attached hydrogens (tertiary/aromatic N) is 1. The van der Waals surface area contributed by atoms with Crippen LogP contribution in [0, 0.1) is 5.41 Å². The topological polar surface area (TPSA) is 51.9 Å². The van der Waals surface area contributed by atoms with Crippen molar-refractivity contribution in [1.29, 1.82) is 0 Å². The summed E-state index contributed by atoms with van der Waals surface area (Å²) in [5, 5.41) is 0. The Balaban J connectivity index is 1.77. The maximum atomic E-state index is 12.4. The SMILES string of the molecule is COCC12CCCOC1CCN(C(=O)c1ccco1)C2. The highest BCUT2D eigenvalue weighted by atomic mass is 16.5. The number of rotatable bonds is 3. The fourth-order valence-electron chi connectivity index (χ4n) is 3.52. The Hall–Kier alpha value is -1.33. The molecule has 0 N–H and O–H groups in total. The van der Waals surface area contributed by atoms with Crippen LogP contribution in [0.4, 0.5) is 0 Å². The van der Waals surface area contributed by atoms with Gasteiger partial charge < -0.3 is 18.8 Å². The molecule has 5 heteroatoms. The minimum Gasteiger partial charge on any atom is -0.459 e. The van der Waals surface area contributed by atoms with Crippen molar-refractivity contribution in [2.24, 2.45) is 5.41 Å².